The SMILES string of the molecule is COC(=O)c1cc(C2CC2)cc(F)c1N. The molecule has 1 fully saturated rings. The summed E-state index contributed by atoms with van der Waals surface area (Å²) in [6, 6.07) is 3.03. The first kappa shape index (κ1) is 9.96. The number of halogens is 1. The second-order valence-electron chi connectivity index (χ2n) is 3.73. The molecule has 3 nitrogen and oxygen atoms in total. The number of rotatable bonds is 2. The van der Waals surface area contributed by atoms with Crippen molar-refractivity contribution < 1.29 is 13.9 Å². The van der Waals surface area contributed by atoms with E-state index in [0.29, 0.717) is 5.92 Å². The average molecular weight is 209 g/mol. The van der Waals surface area contributed by atoms with Crippen LogP contribution in [0.15, 0.2) is 12.1 Å². The molecule has 2 N–H and O–H groups in total. The molecule has 4 heteroatoms. The van der Waals surface area contributed by atoms with Gasteiger partial charge in [-0.1, -0.05) is 0 Å². The molecule has 1 aromatic rings. The van der Waals surface area contributed by atoms with Crippen LogP contribution in [0.1, 0.15) is 34.7 Å². The lowest BCUT2D eigenvalue weighted by molar-refractivity contribution is 0.0601. The van der Waals surface area contributed by atoms with Crippen LogP contribution in [-0.4, -0.2) is 13.1 Å². The number of hydrogen-bond acceptors (Lipinski definition) is 3. The molecule has 80 valence electrons. The minimum absolute atomic E-state index is 0.124. The summed E-state index contributed by atoms with van der Waals surface area (Å²) < 4.78 is 17.9. The Labute approximate surface area is 87.0 Å². The second-order valence-corrected chi connectivity index (χ2v) is 3.73. The van der Waals surface area contributed by atoms with Crippen LogP contribution in [0.4, 0.5) is 10.1 Å². The van der Waals surface area contributed by atoms with Crippen LogP contribution >= 0.6 is 0 Å². The molecule has 1 aromatic carbocycles. The van der Waals surface area contributed by atoms with Crippen LogP contribution in [0, 0.1) is 5.82 Å². The molecule has 0 aliphatic heterocycles. The first-order valence-electron chi connectivity index (χ1n) is 4.80. The number of carbonyl (C=O) groups excluding carboxylic acids is 1. The number of nitrogen functional groups attached to an aromatic ring is 1. The first-order valence-corrected chi connectivity index (χ1v) is 4.80. The average Bonchev–Trinajstić information content (AvgIpc) is 3.04. The number of nitrogens with two attached hydrogens (primary N) is 1. The summed E-state index contributed by atoms with van der Waals surface area (Å²) in [7, 11) is 1.25. The van der Waals surface area contributed by atoms with Crippen LogP contribution in [-0.2, 0) is 4.74 Å². The predicted octanol–water partition coefficient (Wildman–Crippen LogP) is 2.07. The lowest BCUT2D eigenvalue weighted by Crippen LogP contribution is -2.08. The Balaban J connectivity index is 2.46. The lowest BCUT2D eigenvalue weighted by atomic mass is 10.0. The highest BCUT2D eigenvalue weighted by atomic mass is 19.1. The smallest absolute Gasteiger partial charge is 0.340 e. The zero-order valence-electron chi connectivity index (χ0n) is 8.42. The van der Waals surface area contributed by atoms with E-state index in [-0.39, 0.29) is 11.3 Å². The number of methoxy groups -OCH3 is 1. The standard InChI is InChI=1S/C11H12FNO2/c1-15-11(14)8-4-7(6-2-3-6)5-9(12)10(8)13/h4-6H,2-3,13H2,1H3. The largest absolute Gasteiger partial charge is 0.465 e. The van der Waals surface area contributed by atoms with Crippen molar-refractivity contribution in [2.75, 3.05) is 12.8 Å². The van der Waals surface area contributed by atoms with E-state index in [9.17, 15) is 9.18 Å². The van der Waals surface area contributed by atoms with Crippen molar-refractivity contribution in [3.8, 4) is 0 Å². The number of hydrogen-bond donors (Lipinski definition) is 1. The molecule has 0 heterocycles. The lowest BCUT2D eigenvalue weighted by Gasteiger charge is -2.07. The van der Waals surface area contributed by atoms with Crippen molar-refractivity contribution in [1.29, 1.82) is 0 Å². The molecule has 0 atom stereocenters. The molecule has 0 amide bonds. The summed E-state index contributed by atoms with van der Waals surface area (Å²) in [6.07, 6.45) is 2.09. The molecule has 15 heavy (non-hydrogen) atoms. The van der Waals surface area contributed by atoms with Crippen LogP contribution < -0.4 is 5.73 Å². The Bertz CT molecular complexity index is 413. The second kappa shape index (κ2) is 3.53. The quantitative estimate of drug-likeness (QED) is 0.599. The van der Waals surface area contributed by atoms with Gasteiger partial charge in [0.05, 0.1) is 18.4 Å². The zero-order chi connectivity index (χ0) is 11.0. The van der Waals surface area contributed by atoms with Gasteiger partial charge in [-0.05, 0) is 36.5 Å². The topological polar surface area (TPSA) is 52.3 Å². The maximum atomic E-state index is 13.4. The fraction of sp³-hybridized carbons (Fsp3) is 0.364. The van der Waals surface area contributed by atoms with Crippen LogP contribution in [0.3, 0.4) is 0 Å². The van der Waals surface area contributed by atoms with Crippen molar-refractivity contribution in [3.05, 3.63) is 29.1 Å². The normalized spacial score (nSPS) is 15.1. The van der Waals surface area contributed by atoms with Gasteiger partial charge in [-0.3, -0.25) is 0 Å². The monoisotopic (exact) mass is 209 g/mol. The number of ether oxygens (including phenoxy) is 1. The minimum Gasteiger partial charge on any atom is -0.465 e. The Hall–Kier alpha value is -1.58. The molecular weight excluding hydrogens is 197 g/mol. The van der Waals surface area contributed by atoms with Crippen LogP contribution in [0.25, 0.3) is 0 Å². The maximum absolute atomic E-state index is 13.4. The van der Waals surface area contributed by atoms with Gasteiger partial charge in [-0.25, -0.2) is 9.18 Å². The van der Waals surface area contributed by atoms with Crippen molar-refractivity contribution in [2.45, 2.75) is 18.8 Å². The van der Waals surface area contributed by atoms with E-state index in [4.69, 9.17) is 5.73 Å². The van der Waals surface area contributed by atoms with E-state index in [1.54, 1.807) is 6.07 Å². The molecule has 1 aliphatic carbocycles. The third-order valence-electron chi connectivity index (χ3n) is 2.61. The van der Waals surface area contributed by atoms with E-state index in [0.717, 1.165) is 18.4 Å². The fourth-order valence-electron chi connectivity index (χ4n) is 1.57. The Kier molecular flexibility index (Phi) is 2.34. The minimum atomic E-state index is -0.589. The number of benzene rings is 1. The molecule has 1 saturated carbocycles. The molecule has 0 spiro atoms. The van der Waals surface area contributed by atoms with E-state index < -0.39 is 11.8 Å². The van der Waals surface area contributed by atoms with Gasteiger partial charge in [-0.2, -0.15) is 0 Å². The molecule has 0 bridgehead atoms. The summed E-state index contributed by atoms with van der Waals surface area (Å²) in [6.45, 7) is 0. The van der Waals surface area contributed by atoms with Gasteiger partial charge in [0.1, 0.15) is 5.82 Å². The van der Waals surface area contributed by atoms with E-state index in [1.807, 2.05) is 0 Å². The number of anilines is 1. The highest BCUT2D eigenvalue weighted by Crippen LogP contribution is 2.41. The first-order chi connectivity index (χ1) is 7.13. The van der Waals surface area contributed by atoms with Crippen molar-refractivity contribution >= 4 is 11.7 Å². The van der Waals surface area contributed by atoms with Crippen LogP contribution in [0.2, 0.25) is 0 Å². The van der Waals surface area contributed by atoms with Gasteiger partial charge in [0.15, 0.2) is 0 Å². The molecule has 2 rings (SSSR count). The molecule has 0 saturated heterocycles. The molecular formula is C11H12FNO2. The van der Waals surface area contributed by atoms with Gasteiger partial charge < -0.3 is 10.5 Å². The summed E-state index contributed by atoms with van der Waals surface area (Å²) in [5, 5.41) is 0. The van der Waals surface area contributed by atoms with Crippen molar-refractivity contribution in [3.63, 3.8) is 0 Å². The van der Waals surface area contributed by atoms with E-state index in [2.05, 4.69) is 4.74 Å². The summed E-state index contributed by atoms with van der Waals surface area (Å²) in [5.41, 5.74) is 6.30. The van der Waals surface area contributed by atoms with Crippen LogP contribution in [0.5, 0.6) is 0 Å². The Morgan fingerprint density at radius 2 is 2.20 bits per heavy atom. The van der Waals surface area contributed by atoms with Crippen molar-refractivity contribution in [1.82, 2.24) is 0 Å². The number of carbonyl (C=O) groups is 1. The predicted molar refractivity (Wildman–Crippen MR) is 54.1 cm³/mol. The van der Waals surface area contributed by atoms with E-state index >= 15 is 0 Å². The van der Waals surface area contributed by atoms with Crippen molar-refractivity contribution in [2.24, 2.45) is 0 Å². The van der Waals surface area contributed by atoms with Gasteiger partial charge >= 0.3 is 5.97 Å². The molecule has 0 unspecified atom stereocenters. The number of esters is 1. The molecule has 1 aliphatic rings. The highest BCUT2D eigenvalue weighted by molar-refractivity contribution is 5.95. The fourth-order valence-corrected chi connectivity index (χ4v) is 1.57. The summed E-state index contributed by atoms with van der Waals surface area (Å²) in [4.78, 5) is 11.3. The summed E-state index contributed by atoms with van der Waals surface area (Å²) in [5.74, 6) is -0.753. The van der Waals surface area contributed by atoms with Gasteiger partial charge in [0.25, 0.3) is 0 Å². The maximum Gasteiger partial charge on any atom is 0.340 e. The van der Waals surface area contributed by atoms with E-state index in [1.165, 1.54) is 13.2 Å². The summed E-state index contributed by atoms with van der Waals surface area (Å²) >= 11 is 0. The van der Waals surface area contributed by atoms with Gasteiger partial charge in [0.2, 0.25) is 0 Å². The zero-order valence-corrected chi connectivity index (χ0v) is 8.42. The Morgan fingerprint density at radius 1 is 1.53 bits per heavy atom. The van der Waals surface area contributed by atoms with Gasteiger partial charge in [-0.15, -0.1) is 0 Å². The molecule has 0 radical (unpaired) electrons. The third-order valence-corrected chi connectivity index (χ3v) is 2.61. The molecule has 0 aromatic heterocycles. The Morgan fingerprint density at radius 3 is 2.73 bits per heavy atom. The van der Waals surface area contributed by atoms with Gasteiger partial charge in [0, 0.05) is 0 Å². The highest BCUT2D eigenvalue weighted by Gasteiger charge is 2.26. The third kappa shape index (κ3) is 1.79.